The van der Waals surface area contributed by atoms with E-state index in [1.165, 1.54) is 0 Å². The van der Waals surface area contributed by atoms with Crippen molar-refractivity contribution in [2.75, 3.05) is 44.1 Å². The van der Waals surface area contributed by atoms with Crippen LogP contribution in [0.15, 0.2) is 12.1 Å². The van der Waals surface area contributed by atoms with Crippen LogP contribution in [0.1, 0.15) is 20.8 Å². The fourth-order valence-electron chi connectivity index (χ4n) is 2.16. The number of ether oxygens (including phenoxy) is 4. The SMILES string of the molecule is CCOC(=O)CNc1ccc(OC)nc1NC1COC(C)(C)OC1. The highest BCUT2D eigenvalue weighted by molar-refractivity contribution is 5.77. The number of rotatable bonds is 7. The number of anilines is 2. The number of aromatic nitrogens is 1. The number of carbonyl (C=O) groups excluding carboxylic acids is 1. The van der Waals surface area contributed by atoms with Crippen LogP contribution in [0.4, 0.5) is 11.5 Å². The zero-order valence-electron chi connectivity index (χ0n) is 14.5. The summed E-state index contributed by atoms with van der Waals surface area (Å²) in [6.07, 6.45) is 0. The predicted octanol–water partition coefficient (Wildman–Crippen LogP) is 1.63. The average molecular weight is 339 g/mol. The number of methoxy groups -OCH3 is 1. The lowest BCUT2D eigenvalue weighted by Crippen LogP contribution is -2.45. The lowest BCUT2D eigenvalue weighted by molar-refractivity contribution is -0.247. The number of hydrogen-bond acceptors (Lipinski definition) is 8. The van der Waals surface area contributed by atoms with E-state index in [4.69, 9.17) is 18.9 Å². The van der Waals surface area contributed by atoms with Crippen LogP contribution in [-0.4, -0.2) is 56.3 Å². The summed E-state index contributed by atoms with van der Waals surface area (Å²) in [5.41, 5.74) is 0.675. The highest BCUT2D eigenvalue weighted by Gasteiger charge is 2.28. The third-order valence-electron chi connectivity index (χ3n) is 3.41. The Bertz CT molecular complexity index is 555. The minimum absolute atomic E-state index is 0.0548. The lowest BCUT2D eigenvalue weighted by atomic mass is 10.2. The zero-order valence-corrected chi connectivity index (χ0v) is 14.5. The summed E-state index contributed by atoms with van der Waals surface area (Å²) in [6.45, 7) is 6.90. The van der Waals surface area contributed by atoms with Crippen molar-refractivity contribution < 1.29 is 23.7 Å². The molecule has 2 N–H and O–H groups in total. The van der Waals surface area contributed by atoms with Gasteiger partial charge in [0.05, 0.1) is 38.7 Å². The van der Waals surface area contributed by atoms with Gasteiger partial charge in [0.1, 0.15) is 6.54 Å². The molecule has 0 amide bonds. The van der Waals surface area contributed by atoms with Gasteiger partial charge in [0.2, 0.25) is 5.88 Å². The van der Waals surface area contributed by atoms with Crippen molar-refractivity contribution in [1.82, 2.24) is 4.98 Å². The van der Waals surface area contributed by atoms with Crippen LogP contribution in [0.3, 0.4) is 0 Å². The van der Waals surface area contributed by atoms with Crippen molar-refractivity contribution in [3.05, 3.63) is 12.1 Å². The van der Waals surface area contributed by atoms with Crippen molar-refractivity contribution in [1.29, 1.82) is 0 Å². The van der Waals surface area contributed by atoms with E-state index in [-0.39, 0.29) is 18.6 Å². The molecule has 1 aromatic heterocycles. The minimum atomic E-state index is -0.578. The van der Waals surface area contributed by atoms with E-state index in [9.17, 15) is 4.79 Å². The first-order valence-electron chi connectivity index (χ1n) is 7.92. The number of nitrogens with zero attached hydrogens (tertiary/aromatic N) is 1. The molecule has 1 aliphatic rings. The molecule has 0 atom stereocenters. The Morgan fingerprint density at radius 1 is 1.38 bits per heavy atom. The van der Waals surface area contributed by atoms with E-state index in [0.29, 0.717) is 37.2 Å². The summed E-state index contributed by atoms with van der Waals surface area (Å²) in [5, 5.41) is 6.28. The zero-order chi connectivity index (χ0) is 17.6. The summed E-state index contributed by atoms with van der Waals surface area (Å²) in [6, 6.07) is 3.46. The van der Waals surface area contributed by atoms with Gasteiger partial charge in [0.15, 0.2) is 11.6 Å². The smallest absolute Gasteiger partial charge is 0.325 e. The lowest BCUT2D eigenvalue weighted by Gasteiger charge is -2.35. The predicted molar refractivity (Wildman–Crippen MR) is 89.3 cm³/mol. The van der Waals surface area contributed by atoms with Gasteiger partial charge in [0, 0.05) is 6.07 Å². The molecule has 2 heterocycles. The number of hydrogen-bond donors (Lipinski definition) is 2. The summed E-state index contributed by atoms with van der Waals surface area (Å²) in [5.74, 6) is 0.128. The topological polar surface area (TPSA) is 90.9 Å². The number of pyridine rings is 1. The van der Waals surface area contributed by atoms with E-state index in [2.05, 4.69) is 15.6 Å². The standard InChI is InChI=1S/C16H25N3O5/c1-5-22-14(20)8-17-12-6-7-13(21-4)19-15(12)18-11-9-23-16(2,3)24-10-11/h6-7,11,17H,5,8-10H2,1-4H3,(H,18,19). The fourth-order valence-corrected chi connectivity index (χ4v) is 2.16. The van der Waals surface area contributed by atoms with Crippen LogP contribution in [-0.2, 0) is 19.0 Å². The van der Waals surface area contributed by atoms with E-state index >= 15 is 0 Å². The van der Waals surface area contributed by atoms with Crippen LogP contribution in [0.25, 0.3) is 0 Å². The molecule has 0 saturated carbocycles. The van der Waals surface area contributed by atoms with Gasteiger partial charge in [0.25, 0.3) is 0 Å². The molecule has 1 aliphatic heterocycles. The largest absolute Gasteiger partial charge is 0.481 e. The number of esters is 1. The van der Waals surface area contributed by atoms with Crippen LogP contribution < -0.4 is 15.4 Å². The Balaban J connectivity index is 2.04. The van der Waals surface area contributed by atoms with Gasteiger partial charge in [-0.3, -0.25) is 4.79 Å². The van der Waals surface area contributed by atoms with Crippen LogP contribution in [0.5, 0.6) is 5.88 Å². The molecule has 0 spiro atoms. The molecule has 8 heteroatoms. The Hall–Kier alpha value is -2.06. The second-order valence-corrected chi connectivity index (χ2v) is 5.77. The van der Waals surface area contributed by atoms with E-state index in [0.717, 1.165) is 0 Å². The number of carbonyl (C=O) groups is 1. The second kappa shape index (κ2) is 8.16. The molecule has 0 unspecified atom stereocenters. The monoisotopic (exact) mass is 339 g/mol. The quantitative estimate of drug-likeness (QED) is 0.724. The summed E-state index contributed by atoms with van der Waals surface area (Å²) in [4.78, 5) is 15.9. The van der Waals surface area contributed by atoms with Gasteiger partial charge in [-0.1, -0.05) is 0 Å². The molecule has 2 rings (SSSR count). The number of nitrogens with one attached hydrogen (secondary N) is 2. The first-order valence-corrected chi connectivity index (χ1v) is 7.92. The van der Waals surface area contributed by atoms with Gasteiger partial charge in [-0.25, -0.2) is 0 Å². The van der Waals surface area contributed by atoms with Gasteiger partial charge >= 0.3 is 5.97 Å². The van der Waals surface area contributed by atoms with Crippen molar-refractivity contribution in [3.8, 4) is 5.88 Å². The maximum absolute atomic E-state index is 11.5. The van der Waals surface area contributed by atoms with Crippen molar-refractivity contribution >= 4 is 17.5 Å². The highest BCUT2D eigenvalue weighted by atomic mass is 16.7. The molecule has 8 nitrogen and oxygen atoms in total. The van der Waals surface area contributed by atoms with Crippen LogP contribution in [0.2, 0.25) is 0 Å². The van der Waals surface area contributed by atoms with Crippen LogP contribution in [0, 0.1) is 0 Å². The molecule has 0 radical (unpaired) electrons. The molecular weight excluding hydrogens is 314 g/mol. The minimum Gasteiger partial charge on any atom is -0.481 e. The maximum atomic E-state index is 11.5. The average Bonchev–Trinajstić information content (AvgIpc) is 2.56. The van der Waals surface area contributed by atoms with Crippen molar-refractivity contribution in [2.24, 2.45) is 0 Å². The van der Waals surface area contributed by atoms with Crippen molar-refractivity contribution in [2.45, 2.75) is 32.6 Å². The first-order chi connectivity index (χ1) is 11.4. The Morgan fingerprint density at radius 3 is 2.71 bits per heavy atom. The highest BCUT2D eigenvalue weighted by Crippen LogP contribution is 2.25. The van der Waals surface area contributed by atoms with Gasteiger partial charge in [-0.05, 0) is 26.8 Å². The van der Waals surface area contributed by atoms with Crippen molar-refractivity contribution in [3.63, 3.8) is 0 Å². The van der Waals surface area contributed by atoms with E-state index < -0.39 is 5.79 Å². The maximum Gasteiger partial charge on any atom is 0.325 e. The molecular formula is C16H25N3O5. The fraction of sp³-hybridized carbons (Fsp3) is 0.625. The molecule has 134 valence electrons. The normalized spacial score (nSPS) is 17.2. The molecule has 1 aromatic rings. The van der Waals surface area contributed by atoms with Gasteiger partial charge < -0.3 is 29.6 Å². The van der Waals surface area contributed by atoms with E-state index in [1.54, 1.807) is 26.2 Å². The van der Waals surface area contributed by atoms with Gasteiger partial charge in [-0.15, -0.1) is 0 Å². The molecule has 0 aliphatic carbocycles. The van der Waals surface area contributed by atoms with E-state index in [1.807, 2.05) is 13.8 Å². The summed E-state index contributed by atoms with van der Waals surface area (Å²) < 4.78 is 21.4. The second-order valence-electron chi connectivity index (χ2n) is 5.77. The molecule has 0 bridgehead atoms. The summed E-state index contributed by atoms with van der Waals surface area (Å²) in [7, 11) is 1.55. The molecule has 1 saturated heterocycles. The first kappa shape index (κ1) is 18.3. The molecule has 1 fully saturated rings. The third-order valence-corrected chi connectivity index (χ3v) is 3.41. The Kier molecular flexibility index (Phi) is 6.22. The molecule has 24 heavy (non-hydrogen) atoms. The Morgan fingerprint density at radius 2 is 2.08 bits per heavy atom. The molecule has 0 aromatic carbocycles. The van der Waals surface area contributed by atoms with Crippen LogP contribution >= 0.6 is 0 Å². The third kappa shape index (κ3) is 5.24. The van der Waals surface area contributed by atoms with Gasteiger partial charge in [-0.2, -0.15) is 4.98 Å². The summed E-state index contributed by atoms with van der Waals surface area (Å²) >= 11 is 0. The Labute approximate surface area is 141 Å².